The van der Waals surface area contributed by atoms with Gasteiger partial charge >= 0.3 is 0 Å². The lowest BCUT2D eigenvalue weighted by Gasteiger charge is -2.33. The van der Waals surface area contributed by atoms with Gasteiger partial charge in [-0.1, -0.05) is 0 Å². The van der Waals surface area contributed by atoms with E-state index in [0.29, 0.717) is 13.2 Å². The van der Waals surface area contributed by atoms with Gasteiger partial charge in [-0.25, -0.2) is 0 Å². The lowest BCUT2D eigenvalue weighted by Crippen LogP contribution is -2.47. The molecule has 0 amide bonds. The predicted molar refractivity (Wildman–Crippen MR) is 92.9 cm³/mol. The summed E-state index contributed by atoms with van der Waals surface area (Å²) in [6, 6.07) is 9.24. The number of hydrogen-bond donors (Lipinski definition) is 1. The number of aliphatic hydroxyl groups is 1. The summed E-state index contributed by atoms with van der Waals surface area (Å²) in [6.07, 6.45) is 3.23. The molecule has 0 aliphatic carbocycles. The number of hydrogen-bond acceptors (Lipinski definition) is 6. The van der Waals surface area contributed by atoms with Crippen LogP contribution in [0.15, 0.2) is 42.7 Å². The number of nitrogens with zero attached hydrogens (tertiary/aromatic N) is 3. The molecular formula is C18H25N3O4. The Labute approximate surface area is 147 Å². The molecule has 7 heteroatoms. The number of ether oxygens (including phenoxy) is 3. The van der Waals surface area contributed by atoms with Crippen molar-refractivity contribution in [2.45, 2.75) is 18.8 Å². The molecule has 3 rings (SSSR count). The highest BCUT2D eigenvalue weighted by atomic mass is 16.5. The van der Waals surface area contributed by atoms with Gasteiger partial charge in [0.1, 0.15) is 24.2 Å². The van der Waals surface area contributed by atoms with Crippen LogP contribution in [0.2, 0.25) is 0 Å². The first-order valence-electron chi connectivity index (χ1n) is 8.49. The Morgan fingerprint density at radius 3 is 2.84 bits per heavy atom. The highest BCUT2D eigenvalue weighted by Gasteiger charge is 2.23. The van der Waals surface area contributed by atoms with E-state index < -0.39 is 6.10 Å². The molecule has 1 saturated heterocycles. The van der Waals surface area contributed by atoms with Crippen LogP contribution in [0.5, 0.6) is 11.5 Å². The Morgan fingerprint density at radius 2 is 2.12 bits per heavy atom. The van der Waals surface area contributed by atoms with Crippen LogP contribution in [0, 0.1) is 0 Å². The highest BCUT2D eigenvalue weighted by molar-refractivity contribution is 5.31. The Bertz CT molecular complexity index is 618. The van der Waals surface area contributed by atoms with E-state index in [0.717, 1.165) is 31.1 Å². The number of aromatic nitrogens is 2. The second-order valence-electron chi connectivity index (χ2n) is 6.12. The van der Waals surface area contributed by atoms with Gasteiger partial charge < -0.3 is 19.3 Å². The van der Waals surface area contributed by atoms with Crippen molar-refractivity contribution in [1.82, 2.24) is 14.7 Å². The van der Waals surface area contributed by atoms with Crippen LogP contribution >= 0.6 is 0 Å². The maximum absolute atomic E-state index is 10.3. The van der Waals surface area contributed by atoms with Crippen LogP contribution in [0.25, 0.3) is 0 Å². The van der Waals surface area contributed by atoms with Crippen molar-refractivity contribution < 1.29 is 19.3 Å². The molecule has 0 unspecified atom stereocenters. The zero-order chi connectivity index (χ0) is 17.5. The van der Waals surface area contributed by atoms with Crippen LogP contribution in [0.3, 0.4) is 0 Å². The second kappa shape index (κ2) is 8.84. The average molecular weight is 347 g/mol. The molecule has 1 aromatic carbocycles. The number of aliphatic hydroxyl groups excluding tert-OH is 1. The lowest BCUT2D eigenvalue weighted by molar-refractivity contribution is -0.0517. The molecule has 7 nitrogen and oxygen atoms in total. The fourth-order valence-corrected chi connectivity index (χ4v) is 2.89. The number of β-amino-alcohol motifs (C(OH)–C–C–N with tert-alkyl or cyclic N) is 1. The van der Waals surface area contributed by atoms with Crippen molar-refractivity contribution >= 4 is 0 Å². The number of morpholine rings is 1. The van der Waals surface area contributed by atoms with E-state index in [9.17, 15) is 5.11 Å². The van der Waals surface area contributed by atoms with Gasteiger partial charge in [-0.15, -0.1) is 0 Å². The Morgan fingerprint density at radius 1 is 1.32 bits per heavy atom. The topological polar surface area (TPSA) is 69.0 Å². The first kappa shape index (κ1) is 17.7. The summed E-state index contributed by atoms with van der Waals surface area (Å²) >= 11 is 0. The minimum absolute atomic E-state index is 0.0864. The molecule has 2 aromatic rings. The number of benzene rings is 1. The average Bonchev–Trinajstić information content (AvgIpc) is 3.14. The van der Waals surface area contributed by atoms with E-state index in [1.165, 1.54) is 0 Å². The third-order valence-electron chi connectivity index (χ3n) is 4.14. The molecule has 0 radical (unpaired) electrons. The zero-order valence-electron chi connectivity index (χ0n) is 14.5. The van der Waals surface area contributed by atoms with Gasteiger partial charge in [-0.3, -0.25) is 9.58 Å². The fraction of sp³-hybridized carbons (Fsp3) is 0.500. The van der Waals surface area contributed by atoms with Crippen molar-refractivity contribution in [2.75, 3.05) is 40.0 Å². The summed E-state index contributed by atoms with van der Waals surface area (Å²) < 4.78 is 18.4. The normalized spacial score (nSPS) is 19.5. The summed E-state index contributed by atoms with van der Waals surface area (Å²) in [6.45, 7) is 3.80. The van der Waals surface area contributed by atoms with E-state index in [2.05, 4.69) is 10.00 Å². The Balaban J connectivity index is 1.41. The molecule has 25 heavy (non-hydrogen) atoms. The van der Waals surface area contributed by atoms with Crippen LogP contribution in [-0.2, 0) is 11.3 Å². The largest absolute Gasteiger partial charge is 0.497 e. The molecule has 0 saturated carbocycles. The van der Waals surface area contributed by atoms with Crippen molar-refractivity contribution in [3.05, 3.63) is 42.7 Å². The van der Waals surface area contributed by atoms with Gasteiger partial charge in [0, 0.05) is 32.0 Å². The quantitative estimate of drug-likeness (QED) is 0.769. The monoisotopic (exact) mass is 347 g/mol. The van der Waals surface area contributed by atoms with E-state index in [-0.39, 0.29) is 12.7 Å². The minimum atomic E-state index is -0.550. The third kappa shape index (κ3) is 5.45. The van der Waals surface area contributed by atoms with E-state index in [1.807, 2.05) is 41.2 Å². The van der Waals surface area contributed by atoms with E-state index >= 15 is 0 Å². The van der Waals surface area contributed by atoms with Gasteiger partial charge in [0.25, 0.3) is 0 Å². The summed E-state index contributed by atoms with van der Waals surface area (Å²) in [5, 5.41) is 14.5. The molecule has 2 atom stereocenters. The fourth-order valence-electron chi connectivity index (χ4n) is 2.89. The van der Waals surface area contributed by atoms with Crippen LogP contribution in [0.4, 0.5) is 0 Å². The first-order valence-corrected chi connectivity index (χ1v) is 8.49. The third-order valence-corrected chi connectivity index (χ3v) is 4.14. The lowest BCUT2D eigenvalue weighted by atomic mass is 10.2. The van der Waals surface area contributed by atoms with Crippen molar-refractivity contribution in [3.63, 3.8) is 0 Å². The molecule has 1 fully saturated rings. The van der Waals surface area contributed by atoms with Gasteiger partial charge in [0.15, 0.2) is 0 Å². The maximum atomic E-state index is 10.3. The van der Waals surface area contributed by atoms with Gasteiger partial charge in [-0.05, 0) is 30.3 Å². The molecule has 1 aliphatic rings. The summed E-state index contributed by atoms with van der Waals surface area (Å²) in [7, 11) is 1.63. The van der Waals surface area contributed by atoms with Gasteiger partial charge in [0.2, 0.25) is 0 Å². The zero-order valence-corrected chi connectivity index (χ0v) is 14.5. The number of rotatable bonds is 8. The summed E-state index contributed by atoms with van der Waals surface area (Å²) in [4.78, 5) is 2.21. The molecule has 1 aromatic heterocycles. The predicted octanol–water partition coefficient (Wildman–Crippen LogP) is 1.03. The molecule has 136 valence electrons. The van der Waals surface area contributed by atoms with Crippen molar-refractivity contribution in [2.24, 2.45) is 0 Å². The summed E-state index contributed by atoms with van der Waals surface area (Å²) in [5.74, 6) is 1.50. The molecule has 1 aliphatic heterocycles. The molecule has 0 bridgehead atoms. The van der Waals surface area contributed by atoms with Gasteiger partial charge in [-0.2, -0.15) is 5.10 Å². The van der Waals surface area contributed by atoms with Crippen molar-refractivity contribution in [3.8, 4) is 11.5 Å². The maximum Gasteiger partial charge on any atom is 0.119 e. The Hall–Kier alpha value is -2.09. The summed E-state index contributed by atoms with van der Waals surface area (Å²) in [5.41, 5.74) is 0. The van der Waals surface area contributed by atoms with Crippen LogP contribution in [0.1, 0.15) is 0 Å². The van der Waals surface area contributed by atoms with E-state index in [4.69, 9.17) is 14.2 Å². The molecule has 1 N–H and O–H groups in total. The SMILES string of the molecule is COc1ccc(OC[C@@H](O)CN2CCO[C@H](Cn3cccn3)C2)cc1. The van der Waals surface area contributed by atoms with Crippen LogP contribution < -0.4 is 9.47 Å². The second-order valence-corrected chi connectivity index (χ2v) is 6.12. The molecular weight excluding hydrogens is 322 g/mol. The minimum Gasteiger partial charge on any atom is -0.497 e. The van der Waals surface area contributed by atoms with E-state index in [1.54, 1.807) is 13.3 Å². The number of methoxy groups -OCH3 is 1. The van der Waals surface area contributed by atoms with Gasteiger partial charge in [0.05, 0.1) is 26.4 Å². The molecule has 0 spiro atoms. The van der Waals surface area contributed by atoms with Crippen molar-refractivity contribution in [1.29, 1.82) is 0 Å². The smallest absolute Gasteiger partial charge is 0.119 e. The molecule has 2 heterocycles. The first-order chi connectivity index (χ1) is 12.2. The highest BCUT2D eigenvalue weighted by Crippen LogP contribution is 2.17. The van der Waals surface area contributed by atoms with Crippen LogP contribution in [-0.4, -0.2) is 72.0 Å². The Kier molecular flexibility index (Phi) is 6.27. The standard InChI is InChI=1S/C18H25N3O4/c1-23-16-3-5-17(6-4-16)25-14-15(22)11-20-9-10-24-18(12-20)13-21-8-2-7-19-21/h2-8,15,18,22H,9-14H2,1H3/t15-,18-/m0/s1.